The molecule has 7 heteroatoms. The summed E-state index contributed by atoms with van der Waals surface area (Å²) in [6.45, 7) is 0. The Bertz CT molecular complexity index is 839. The van der Waals surface area contributed by atoms with Crippen LogP contribution in [0, 0.1) is 5.82 Å². The lowest BCUT2D eigenvalue weighted by molar-refractivity contribution is 0.0689. The van der Waals surface area contributed by atoms with Gasteiger partial charge in [-0.15, -0.1) is 0 Å². The molecule has 6 nitrogen and oxygen atoms in total. The number of carbonyl (C=O) groups is 1. The Hall–Kier alpha value is -3.09. The van der Waals surface area contributed by atoms with E-state index in [1.54, 1.807) is 6.07 Å². The number of fused-ring (bicyclic) bond motifs is 1. The number of carboxylic acids is 1. The molecule has 0 saturated carbocycles. The number of rotatable bonds is 3. The van der Waals surface area contributed by atoms with Crippen molar-refractivity contribution in [2.24, 2.45) is 0 Å². The van der Waals surface area contributed by atoms with E-state index in [1.807, 2.05) is 0 Å². The van der Waals surface area contributed by atoms with Crippen LogP contribution in [0.4, 0.5) is 4.39 Å². The highest BCUT2D eigenvalue weighted by Crippen LogP contribution is 2.26. The third kappa shape index (κ3) is 2.48. The fourth-order valence-electron chi connectivity index (χ4n) is 1.80. The van der Waals surface area contributed by atoms with E-state index in [1.165, 1.54) is 30.6 Å². The monoisotopic (exact) mass is 285 g/mol. The van der Waals surface area contributed by atoms with Crippen molar-refractivity contribution in [3.05, 3.63) is 54.1 Å². The molecule has 104 valence electrons. The van der Waals surface area contributed by atoms with E-state index in [0.29, 0.717) is 11.2 Å². The normalized spacial score (nSPS) is 10.5. The number of halogens is 1. The summed E-state index contributed by atoms with van der Waals surface area (Å²) in [4.78, 5) is 23.2. The van der Waals surface area contributed by atoms with Gasteiger partial charge >= 0.3 is 5.97 Å². The van der Waals surface area contributed by atoms with E-state index in [4.69, 9.17) is 9.84 Å². The van der Waals surface area contributed by atoms with Gasteiger partial charge in [-0.05, 0) is 18.2 Å². The molecule has 2 aromatic heterocycles. The fraction of sp³-hybridized carbons (Fsp3) is 0. The predicted octanol–water partition coefficient (Wildman–Crippen LogP) is 2.65. The first-order valence-electron chi connectivity index (χ1n) is 5.92. The highest BCUT2D eigenvalue weighted by Gasteiger charge is 2.17. The third-order valence-electron chi connectivity index (χ3n) is 2.71. The van der Waals surface area contributed by atoms with Gasteiger partial charge in [-0.25, -0.2) is 14.2 Å². The lowest BCUT2D eigenvalue weighted by Gasteiger charge is -2.08. The van der Waals surface area contributed by atoms with Crippen molar-refractivity contribution in [1.29, 1.82) is 0 Å². The molecular formula is C14H8FN3O3. The zero-order valence-corrected chi connectivity index (χ0v) is 10.5. The summed E-state index contributed by atoms with van der Waals surface area (Å²) in [5.74, 6) is -2.31. The van der Waals surface area contributed by atoms with Gasteiger partial charge in [0, 0.05) is 18.5 Å². The van der Waals surface area contributed by atoms with Crippen LogP contribution in [0.2, 0.25) is 0 Å². The topological polar surface area (TPSA) is 85.2 Å². The molecule has 0 bridgehead atoms. The molecule has 0 unspecified atom stereocenters. The summed E-state index contributed by atoms with van der Waals surface area (Å²) < 4.78 is 18.9. The minimum atomic E-state index is -1.41. The van der Waals surface area contributed by atoms with Gasteiger partial charge in [0.1, 0.15) is 22.6 Å². The molecule has 0 aliphatic carbocycles. The van der Waals surface area contributed by atoms with Crippen LogP contribution in [0.3, 0.4) is 0 Å². The molecule has 0 saturated heterocycles. The molecule has 0 aliphatic rings. The SMILES string of the molecule is O=C(O)c1c(F)cccc1Oc1ccc2nccnc2n1. The summed E-state index contributed by atoms with van der Waals surface area (Å²) in [5.41, 5.74) is 0.379. The zero-order chi connectivity index (χ0) is 14.8. The molecule has 0 aliphatic heterocycles. The molecule has 3 aromatic rings. The molecule has 21 heavy (non-hydrogen) atoms. The quantitative estimate of drug-likeness (QED) is 0.796. The molecule has 1 aromatic carbocycles. The number of hydrogen-bond donors (Lipinski definition) is 1. The third-order valence-corrected chi connectivity index (χ3v) is 2.71. The van der Waals surface area contributed by atoms with Gasteiger partial charge < -0.3 is 9.84 Å². The molecule has 0 amide bonds. The number of hydrogen-bond acceptors (Lipinski definition) is 5. The van der Waals surface area contributed by atoms with Crippen LogP contribution < -0.4 is 4.74 Å². The molecular weight excluding hydrogens is 277 g/mol. The summed E-state index contributed by atoms with van der Waals surface area (Å²) in [7, 11) is 0. The molecule has 0 spiro atoms. The first-order chi connectivity index (χ1) is 10.1. The average Bonchev–Trinajstić information content (AvgIpc) is 2.47. The fourth-order valence-corrected chi connectivity index (χ4v) is 1.80. The van der Waals surface area contributed by atoms with Crippen LogP contribution >= 0.6 is 0 Å². The van der Waals surface area contributed by atoms with Crippen molar-refractivity contribution in [2.75, 3.05) is 0 Å². The van der Waals surface area contributed by atoms with Crippen LogP contribution in [0.5, 0.6) is 11.6 Å². The van der Waals surface area contributed by atoms with Gasteiger partial charge in [0.05, 0.1) is 0 Å². The Morgan fingerprint density at radius 3 is 2.76 bits per heavy atom. The molecule has 0 atom stereocenters. The first kappa shape index (κ1) is 12.9. The van der Waals surface area contributed by atoms with Gasteiger partial charge in [0.2, 0.25) is 5.88 Å². The van der Waals surface area contributed by atoms with E-state index < -0.39 is 17.3 Å². The van der Waals surface area contributed by atoms with Crippen molar-refractivity contribution in [3.63, 3.8) is 0 Å². The Morgan fingerprint density at radius 2 is 1.95 bits per heavy atom. The minimum Gasteiger partial charge on any atom is -0.477 e. The second-order valence-corrected chi connectivity index (χ2v) is 4.07. The van der Waals surface area contributed by atoms with Crippen LogP contribution in [-0.2, 0) is 0 Å². The second-order valence-electron chi connectivity index (χ2n) is 4.07. The summed E-state index contributed by atoms with van der Waals surface area (Å²) in [6, 6.07) is 6.90. The van der Waals surface area contributed by atoms with E-state index in [9.17, 15) is 9.18 Å². The lowest BCUT2D eigenvalue weighted by atomic mass is 10.2. The van der Waals surface area contributed by atoms with E-state index in [2.05, 4.69) is 15.0 Å². The van der Waals surface area contributed by atoms with E-state index in [0.717, 1.165) is 6.07 Å². The van der Waals surface area contributed by atoms with Crippen molar-refractivity contribution in [2.45, 2.75) is 0 Å². The standard InChI is InChI=1S/C14H8FN3O3/c15-8-2-1-3-10(12(8)14(19)20)21-11-5-4-9-13(18-11)17-7-6-16-9/h1-7H,(H,19,20). The van der Waals surface area contributed by atoms with Gasteiger partial charge in [0.25, 0.3) is 0 Å². The Morgan fingerprint density at radius 1 is 1.14 bits per heavy atom. The number of benzene rings is 1. The summed E-state index contributed by atoms with van der Waals surface area (Å²) >= 11 is 0. The molecule has 0 fully saturated rings. The number of nitrogens with zero attached hydrogens (tertiary/aromatic N) is 3. The van der Waals surface area contributed by atoms with Crippen molar-refractivity contribution in [3.8, 4) is 11.6 Å². The smallest absolute Gasteiger partial charge is 0.342 e. The van der Waals surface area contributed by atoms with Crippen LogP contribution in [0.25, 0.3) is 11.2 Å². The van der Waals surface area contributed by atoms with Gasteiger partial charge in [-0.2, -0.15) is 4.98 Å². The minimum absolute atomic E-state index is 0.108. The van der Waals surface area contributed by atoms with Crippen molar-refractivity contribution in [1.82, 2.24) is 15.0 Å². The van der Waals surface area contributed by atoms with Crippen molar-refractivity contribution < 1.29 is 19.0 Å². The lowest BCUT2D eigenvalue weighted by Crippen LogP contribution is -2.04. The van der Waals surface area contributed by atoms with Crippen LogP contribution in [0.1, 0.15) is 10.4 Å². The largest absolute Gasteiger partial charge is 0.477 e. The predicted molar refractivity (Wildman–Crippen MR) is 70.8 cm³/mol. The van der Waals surface area contributed by atoms with Crippen LogP contribution in [0.15, 0.2) is 42.7 Å². The number of ether oxygens (including phenoxy) is 1. The highest BCUT2D eigenvalue weighted by atomic mass is 19.1. The summed E-state index contributed by atoms with van der Waals surface area (Å²) in [5, 5.41) is 9.03. The average molecular weight is 285 g/mol. The van der Waals surface area contributed by atoms with Crippen molar-refractivity contribution >= 4 is 17.1 Å². The number of carboxylic acid groups (broad SMARTS) is 1. The molecule has 1 N–H and O–H groups in total. The maximum Gasteiger partial charge on any atom is 0.342 e. The second kappa shape index (κ2) is 5.12. The molecule has 3 rings (SSSR count). The maximum atomic E-state index is 13.6. The Kier molecular flexibility index (Phi) is 3.15. The molecule has 2 heterocycles. The maximum absolute atomic E-state index is 13.6. The molecule has 0 radical (unpaired) electrons. The zero-order valence-electron chi connectivity index (χ0n) is 10.5. The Balaban J connectivity index is 2.02. The van der Waals surface area contributed by atoms with E-state index in [-0.39, 0.29) is 11.6 Å². The van der Waals surface area contributed by atoms with Gasteiger partial charge in [-0.1, -0.05) is 6.07 Å². The number of aromatic nitrogens is 3. The van der Waals surface area contributed by atoms with Gasteiger partial charge in [0.15, 0.2) is 5.65 Å². The number of aromatic carboxylic acids is 1. The summed E-state index contributed by atoms with van der Waals surface area (Å²) in [6.07, 6.45) is 3.00. The van der Waals surface area contributed by atoms with E-state index >= 15 is 0 Å². The van der Waals surface area contributed by atoms with Gasteiger partial charge in [-0.3, -0.25) is 4.98 Å². The number of pyridine rings is 1. The van der Waals surface area contributed by atoms with Crippen LogP contribution in [-0.4, -0.2) is 26.0 Å². The highest BCUT2D eigenvalue weighted by molar-refractivity contribution is 5.91. The Labute approximate surface area is 117 Å². The first-order valence-corrected chi connectivity index (χ1v) is 5.92.